The monoisotopic (exact) mass is 483 g/mol. The number of aliphatic hydroxyl groups is 1. The third-order valence-corrected chi connectivity index (χ3v) is 5.61. The first kappa shape index (κ1) is 23.1. The number of carbonyl (C=O) groups is 1. The van der Waals surface area contributed by atoms with Crippen molar-refractivity contribution in [3.8, 4) is 5.75 Å². The van der Waals surface area contributed by atoms with Crippen molar-refractivity contribution in [2.24, 2.45) is 0 Å². The summed E-state index contributed by atoms with van der Waals surface area (Å²) in [5.41, 5.74) is 2.57. The van der Waals surface area contributed by atoms with Crippen LogP contribution < -0.4 is 10.1 Å². The van der Waals surface area contributed by atoms with Gasteiger partial charge >= 0.3 is 0 Å². The molecule has 0 saturated carbocycles. The molecular weight excluding hydrogens is 461 g/mol. The molecule has 0 bridgehead atoms. The van der Waals surface area contributed by atoms with Gasteiger partial charge in [0.25, 0.3) is 0 Å². The van der Waals surface area contributed by atoms with E-state index >= 15 is 0 Å². The van der Waals surface area contributed by atoms with Crippen LogP contribution >= 0.6 is 23.2 Å². The van der Waals surface area contributed by atoms with Gasteiger partial charge in [0, 0.05) is 16.6 Å². The van der Waals surface area contributed by atoms with Crippen molar-refractivity contribution in [3.63, 3.8) is 0 Å². The molecule has 0 radical (unpaired) electrons. The van der Waals surface area contributed by atoms with E-state index in [1.807, 2.05) is 41.0 Å². The van der Waals surface area contributed by atoms with E-state index in [0.29, 0.717) is 28.2 Å². The van der Waals surface area contributed by atoms with Crippen molar-refractivity contribution in [3.05, 3.63) is 94.2 Å². The molecule has 4 aromatic rings. The number of benzene rings is 3. The number of rotatable bonds is 9. The first-order chi connectivity index (χ1) is 16.0. The second kappa shape index (κ2) is 10.7. The Hall–Kier alpha value is -3.06. The molecule has 170 valence electrons. The first-order valence-corrected chi connectivity index (χ1v) is 11.3. The number of hydrogen-bond acceptors (Lipinski definition) is 4. The van der Waals surface area contributed by atoms with E-state index in [4.69, 9.17) is 27.9 Å². The summed E-state index contributed by atoms with van der Waals surface area (Å²) in [5.74, 6) is 1.04. The average Bonchev–Trinajstić information content (AvgIpc) is 3.15. The van der Waals surface area contributed by atoms with Crippen LogP contribution in [0.1, 0.15) is 11.4 Å². The van der Waals surface area contributed by atoms with Crippen molar-refractivity contribution in [1.82, 2.24) is 14.9 Å². The SMILES string of the molecule is O=C(Cc1nc2ccccc2n1C[C@@H](O)COc1ccc(Cl)cc1)NCc1ccc(Cl)cc1. The van der Waals surface area contributed by atoms with E-state index < -0.39 is 6.10 Å². The van der Waals surface area contributed by atoms with Crippen LogP contribution in [-0.4, -0.2) is 33.3 Å². The molecule has 0 fully saturated rings. The molecule has 1 heterocycles. The molecule has 1 aromatic heterocycles. The maximum Gasteiger partial charge on any atom is 0.227 e. The molecule has 0 aliphatic carbocycles. The number of carbonyl (C=O) groups excluding carboxylic acids is 1. The third-order valence-electron chi connectivity index (χ3n) is 5.10. The van der Waals surface area contributed by atoms with Crippen LogP contribution in [0.4, 0.5) is 0 Å². The maximum absolute atomic E-state index is 12.6. The van der Waals surface area contributed by atoms with Crippen LogP contribution in [0.25, 0.3) is 11.0 Å². The molecule has 1 atom stereocenters. The second-order valence-electron chi connectivity index (χ2n) is 7.63. The van der Waals surface area contributed by atoms with Crippen LogP contribution in [0.2, 0.25) is 10.0 Å². The van der Waals surface area contributed by atoms with Gasteiger partial charge in [0.2, 0.25) is 5.91 Å². The van der Waals surface area contributed by atoms with Crippen LogP contribution in [0.3, 0.4) is 0 Å². The zero-order valence-corrected chi connectivity index (χ0v) is 19.3. The van der Waals surface area contributed by atoms with Crippen molar-refractivity contribution < 1.29 is 14.6 Å². The number of aromatic nitrogens is 2. The molecule has 0 aliphatic heterocycles. The number of halogens is 2. The number of hydrogen-bond donors (Lipinski definition) is 2. The highest BCUT2D eigenvalue weighted by Crippen LogP contribution is 2.19. The minimum atomic E-state index is -0.797. The quantitative estimate of drug-likeness (QED) is 0.363. The molecule has 0 spiro atoms. The Labute approximate surface area is 201 Å². The molecule has 0 aliphatic rings. The number of nitrogens with one attached hydrogen (secondary N) is 1. The van der Waals surface area contributed by atoms with E-state index in [-0.39, 0.29) is 25.5 Å². The fraction of sp³-hybridized carbons (Fsp3) is 0.200. The lowest BCUT2D eigenvalue weighted by atomic mass is 10.2. The van der Waals surface area contributed by atoms with Gasteiger partial charge in [-0.25, -0.2) is 4.98 Å². The summed E-state index contributed by atoms with van der Waals surface area (Å²) >= 11 is 11.8. The Morgan fingerprint density at radius 1 is 1.00 bits per heavy atom. The molecule has 3 aromatic carbocycles. The lowest BCUT2D eigenvalue weighted by molar-refractivity contribution is -0.120. The van der Waals surface area contributed by atoms with E-state index in [1.54, 1.807) is 36.4 Å². The van der Waals surface area contributed by atoms with Gasteiger partial charge in [0.05, 0.1) is 24.0 Å². The molecule has 0 saturated heterocycles. The van der Waals surface area contributed by atoms with Gasteiger partial charge in [-0.3, -0.25) is 4.79 Å². The second-order valence-corrected chi connectivity index (χ2v) is 8.50. The molecular formula is C25H23Cl2N3O3. The van der Waals surface area contributed by atoms with Gasteiger partial charge in [-0.2, -0.15) is 0 Å². The topological polar surface area (TPSA) is 76.4 Å². The van der Waals surface area contributed by atoms with Crippen molar-refractivity contribution in [1.29, 1.82) is 0 Å². The van der Waals surface area contributed by atoms with Gasteiger partial charge < -0.3 is 19.7 Å². The van der Waals surface area contributed by atoms with E-state index in [1.165, 1.54) is 0 Å². The summed E-state index contributed by atoms with van der Waals surface area (Å²) < 4.78 is 7.54. The third kappa shape index (κ3) is 6.26. The van der Waals surface area contributed by atoms with E-state index in [2.05, 4.69) is 10.3 Å². The van der Waals surface area contributed by atoms with E-state index in [9.17, 15) is 9.90 Å². The maximum atomic E-state index is 12.6. The fourth-order valence-electron chi connectivity index (χ4n) is 3.46. The van der Waals surface area contributed by atoms with Gasteiger partial charge in [0.15, 0.2) is 0 Å². The number of amides is 1. The Morgan fingerprint density at radius 3 is 2.39 bits per heavy atom. The largest absolute Gasteiger partial charge is 0.491 e. The van der Waals surface area contributed by atoms with Crippen molar-refractivity contribution in [2.45, 2.75) is 25.6 Å². The number of para-hydroxylation sites is 2. The lowest BCUT2D eigenvalue weighted by Crippen LogP contribution is -2.28. The van der Waals surface area contributed by atoms with Gasteiger partial charge in [0.1, 0.15) is 24.3 Å². The van der Waals surface area contributed by atoms with Crippen LogP contribution in [0, 0.1) is 0 Å². The van der Waals surface area contributed by atoms with Crippen LogP contribution in [0.5, 0.6) is 5.75 Å². The summed E-state index contributed by atoms with van der Waals surface area (Å²) in [4.78, 5) is 17.2. The summed E-state index contributed by atoms with van der Waals surface area (Å²) in [6.07, 6.45) is -0.707. The Morgan fingerprint density at radius 2 is 1.67 bits per heavy atom. The standard InChI is InChI=1S/C25H23Cl2N3O3/c26-18-7-5-17(6-8-18)14-28-25(32)13-24-29-22-3-1-2-4-23(22)30(24)15-20(31)16-33-21-11-9-19(27)10-12-21/h1-12,20,31H,13-16H2,(H,28,32)/t20-/m1/s1. The van der Waals surface area contributed by atoms with E-state index in [0.717, 1.165) is 16.6 Å². The normalized spacial score (nSPS) is 12.0. The van der Waals surface area contributed by atoms with Crippen LogP contribution in [-0.2, 0) is 24.3 Å². The summed E-state index contributed by atoms with van der Waals surface area (Å²) in [5, 5.41) is 14.8. The molecule has 0 unspecified atom stereocenters. The number of aliphatic hydroxyl groups excluding tert-OH is 1. The fourth-order valence-corrected chi connectivity index (χ4v) is 3.71. The minimum absolute atomic E-state index is 0.0903. The van der Waals surface area contributed by atoms with Crippen molar-refractivity contribution >= 4 is 40.1 Å². The average molecular weight is 484 g/mol. The molecule has 4 rings (SSSR count). The highest BCUT2D eigenvalue weighted by atomic mass is 35.5. The first-order valence-electron chi connectivity index (χ1n) is 10.5. The molecule has 6 nitrogen and oxygen atoms in total. The summed E-state index contributed by atoms with van der Waals surface area (Å²) in [6.45, 7) is 0.734. The Bertz CT molecular complexity index is 1220. The predicted octanol–water partition coefficient (Wildman–Crippen LogP) is 4.64. The highest BCUT2D eigenvalue weighted by molar-refractivity contribution is 6.30. The van der Waals surface area contributed by atoms with Crippen LogP contribution in [0.15, 0.2) is 72.8 Å². The highest BCUT2D eigenvalue weighted by Gasteiger charge is 2.17. The summed E-state index contributed by atoms with van der Waals surface area (Å²) in [7, 11) is 0. The number of imidazole rings is 1. The van der Waals surface area contributed by atoms with Gasteiger partial charge in [-0.15, -0.1) is 0 Å². The Kier molecular flexibility index (Phi) is 7.50. The van der Waals surface area contributed by atoms with Gasteiger partial charge in [-0.05, 0) is 54.1 Å². The Balaban J connectivity index is 1.42. The minimum Gasteiger partial charge on any atom is -0.491 e. The molecule has 2 N–H and O–H groups in total. The zero-order valence-electron chi connectivity index (χ0n) is 17.7. The molecule has 8 heteroatoms. The smallest absolute Gasteiger partial charge is 0.227 e. The summed E-state index contributed by atoms with van der Waals surface area (Å²) in [6, 6.07) is 21.9. The molecule has 1 amide bonds. The number of nitrogens with zero attached hydrogens (tertiary/aromatic N) is 2. The van der Waals surface area contributed by atoms with Crippen molar-refractivity contribution in [2.75, 3.05) is 6.61 Å². The molecule has 33 heavy (non-hydrogen) atoms. The number of ether oxygens (including phenoxy) is 1. The number of fused-ring (bicyclic) bond motifs is 1. The van der Waals surface area contributed by atoms with Gasteiger partial charge in [-0.1, -0.05) is 47.5 Å². The predicted molar refractivity (Wildman–Crippen MR) is 130 cm³/mol. The lowest BCUT2D eigenvalue weighted by Gasteiger charge is -2.16. The zero-order chi connectivity index (χ0) is 23.2.